The predicted molar refractivity (Wildman–Crippen MR) is 51.0 cm³/mol. The molecule has 0 saturated carbocycles. The van der Waals surface area contributed by atoms with Gasteiger partial charge in [0.25, 0.3) is 0 Å². The molecule has 0 radical (unpaired) electrons. The van der Waals surface area contributed by atoms with Crippen LogP contribution in [0.15, 0.2) is 0 Å². The fourth-order valence-electron chi connectivity index (χ4n) is 0.895. The molecule has 0 aromatic heterocycles. The van der Waals surface area contributed by atoms with Gasteiger partial charge in [0.05, 0.1) is 6.10 Å². The van der Waals surface area contributed by atoms with Crippen molar-refractivity contribution in [3.05, 3.63) is 0 Å². The number of rotatable bonds is 5. The second-order valence-electron chi connectivity index (χ2n) is 3.48. The number of carbonyl (C=O) groups is 1. The lowest BCUT2D eigenvalue weighted by Gasteiger charge is -2.41. The molecule has 6 heteroatoms. The Hall–Kier alpha value is -0.530. The lowest BCUT2D eigenvalue weighted by atomic mass is 9.80. The topological polar surface area (TPSA) is 118 Å². The van der Waals surface area contributed by atoms with Gasteiger partial charge in [-0.2, -0.15) is 0 Å². The lowest BCUT2D eigenvalue weighted by Crippen LogP contribution is -2.63. The summed E-state index contributed by atoms with van der Waals surface area (Å²) in [6.45, 7) is -2.79. The van der Waals surface area contributed by atoms with Crippen LogP contribution in [0.2, 0.25) is 0 Å². The summed E-state index contributed by atoms with van der Waals surface area (Å²) in [6.07, 6.45) is -6.50. The van der Waals surface area contributed by atoms with E-state index in [0.29, 0.717) is 0 Å². The normalized spacial score (nSPS) is 28.5. The number of carbonyl (C=O) groups excluding carboxylic acids is 1. The molecule has 0 aliphatic rings. The van der Waals surface area contributed by atoms with Gasteiger partial charge in [-0.3, -0.25) is 0 Å². The van der Waals surface area contributed by atoms with E-state index in [0.717, 1.165) is 0 Å². The van der Waals surface area contributed by atoms with Gasteiger partial charge in [-0.15, -0.1) is 0 Å². The lowest BCUT2D eigenvalue weighted by molar-refractivity contribution is -0.216. The van der Waals surface area contributed by atoms with Crippen molar-refractivity contribution in [1.29, 1.82) is 0 Å². The number of hydrogen-bond donors (Lipinski definition) is 5. The summed E-state index contributed by atoms with van der Waals surface area (Å²) in [6, 6.07) is 0. The first-order valence-corrected chi connectivity index (χ1v) is 4.06. The molecule has 0 spiro atoms. The van der Waals surface area contributed by atoms with E-state index < -0.39 is 50.2 Å². The summed E-state index contributed by atoms with van der Waals surface area (Å²) in [5.41, 5.74) is -5.35. The van der Waals surface area contributed by atoms with Gasteiger partial charge in [0, 0.05) is 4.11 Å². The van der Waals surface area contributed by atoms with Gasteiger partial charge in [-0.05, 0) is 20.7 Å². The van der Waals surface area contributed by atoms with Crippen molar-refractivity contribution in [3.8, 4) is 0 Å². The average Bonchev–Trinajstić information content (AvgIpc) is 2.42. The Kier molecular flexibility index (Phi) is 2.93. The summed E-state index contributed by atoms with van der Waals surface area (Å²) in [5.74, 6) is 0. The Labute approximate surface area is 92.0 Å². The van der Waals surface area contributed by atoms with Crippen molar-refractivity contribution in [1.82, 2.24) is 0 Å². The van der Waals surface area contributed by atoms with E-state index in [1.165, 1.54) is 0 Å². The molecule has 0 aliphatic heterocycles. The van der Waals surface area contributed by atoms with Crippen molar-refractivity contribution in [2.24, 2.45) is 0 Å². The summed E-state index contributed by atoms with van der Waals surface area (Å²) in [7, 11) is 0. The van der Waals surface area contributed by atoms with Crippen LogP contribution in [-0.4, -0.2) is 61.3 Å². The van der Waals surface area contributed by atoms with E-state index >= 15 is 0 Å². The maximum Gasteiger partial charge on any atom is 0.151 e. The monoisotopic (exact) mass is 225 g/mol. The Morgan fingerprint density at radius 1 is 1.20 bits per heavy atom. The van der Waals surface area contributed by atoms with E-state index in [9.17, 15) is 30.3 Å². The molecule has 0 amide bonds. The number of aldehydes is 1. The fourth-order valence-corrected chi connectivity index (χ4v) is 0.895. The zero-order valence-electron chi connectivity index (χ0n) is 11.1. The van der Waals surface area contributed by atoms with Crippen LogP contribution in [0.1, 0.15) is 24.8 Å². The maximum atomic E-state index is 10.4. The van der Waals surface area contributed by atoms with Crippen LogP contribution in [0.4, 0.5) is 0 Å². The maximum absolute atomic E-state index is 10.4. The molecule has 5 N–H and O–H groups in total. The minimum atomic E-state index is -2.73. The minimum absolute atomic E-state index is 0.130. The van der Waals surface area contributed by atoms with Gasteiger partial charge in [-0.1, -0.05) is 0 Å². The molecule has 5 atom stereocenters. The number of hydrogen-bond acceptors (Lipinski definition) is 6. The molecule has 0 heterocycles. The molecule has 0 saturated heterocycles. The third-order valence-corrected chi connectivity index (χ3v) is 2.17. The first kappa shape index (κ1) is 9.68. The van der Waals surface area contributed by atoms with Crippen LogP contribution in [0.3, 0.4) is 0 Å². The third-order valence-electron chi connectivity index (χ3n) is 2.17. The van der Waals surface area contributed by atoms with Crippen LogP contribution in [0, 0.1) is 0 Å². The fraction of sp³-hybridized carbons (Fsp3) is 0.889. The highest BCUT2D eigenvalue weighted by molar-refractivity contribution is 5.58. The molecule has 0 aromatic rings. The van der Waals surface area contributed by atoms with Crippen molar-refractivity contribution in [3.63, 3.8) is 0 Å². The minimum Gasteiger partial charge on any atom is -0.390 e. The zero-order chi connectivity index (χ0) is 14.6. The van der Waals surface area contributed by atoms with Gasteiger partial charge >= 0.3 is 0 Å². The van der Waals surface area contributed by atoms with Crippen molar-refractivity contribution in [2.45, 2.75) is 50.2 Å². The molecular formula is C9H18O6. The van der Waals surface area contributed by atoms with Crippen LogP contribution < -0.4 is 0 Å². The van der Waals surface area contributed by atoms with E-state index in [1.807, 2.05) is 0 Å². The molecule has 15 heavy (non-hydrogen) atoms. The second kappa shape index (κ2) is 4.54. The van der Waals surface area contributed by atoms with Gasteiger partial charge in [0.2, 0.25) is 0 Å². The Balaban J connectivity index is 5.42. The highest BCUT2D eigenvalue weighted by Crippen LogP contribution is 2.26. The van der Waals surface area contributed by atoms with Crippen molar-refractivity contribution < 1.29 is 34.4 Å². The molecule has 1 unspecified atom stereocenters. The van der Waals surface area contributed by atoms with Crippen LogP contribution >= 0.6 is 0 Å². The van der Waals surface area contributed by atoms with E-state index in [1.54, 1.807) is 0 Å². The molecule has 0 bridgehead atoms. The SMILES string of the molecule is [2H]CC(O)[C@](O)(C[2H])[C@@H](O)[C@@](O)(C[2H])[C@@H](O)C=O. The van der Waals surface area contributed by atoms with Gasteiger partial charge in [-0.25, -0.2) is 0 Å². The van der Waals surface area contributed by atoms with Crippen LogP contribution in [0.25, 0.3) is 0 Å². The Bertz CT molecular complexity index is 281. The highest BCUT2D eigenvalue weighted by Gasteiger charge is 2.49. The molecule has 0 aromatic carbocycles. The quantitative estimate of drug-likeness (QED) is 0.339. The van der Waals surface area contributed by atoms with E-state index in [2.05, 4.69) is 0 Å². The van der Waals surface area contributed by atoms with Crippen molar-refractivity contribution in [2.75, 3.05) is 0 Å². The summed E-state index contributed by atoms with van der Waals surface area (Å²) < 4.78 is 21.0. The smallest absolute Gasteiger partial charge is 0.151 e. The molecule has 0 aliphatic carbocycles. The van der Waals surface area contributed by atoms with Crippen LogP contribution in [0.5, 0.6) is 0 Å². The zero-order valence-corrected chi connectivity index (χ0v) is 8.08. The summed E-state index contributed by atoms with van der Waals surface area (Å²) >= 11 is 0. The summed E-state index contributed by atoms with van der Waals surface area (Å²) in [5, 5.41) is 48.2. The first-order valence-electron chi connectivity index (χ1n) is 6.18. The molecule has 90 valence electrons. The third kappa shape index (κ3) is 2.73. The largest absolute Gasteiger partial charge is 0.390 e. The van der Waals surface area contributed by atoms with Crippen LogP contribution in [-0.2, 0) is 4.79 Å². The molecule has 0 fully saturated rings. The van der Waals surface area contributed by atoms with Crippen molar-refractivity contribution >= 4 is 6.29 Å². The Morgan fingerprint density at radius 3 is 2.07 bits per heavy atom. The highest BCUT2D eigenvalue weighted by atomic mass is 16.4. The second-order valence-corrected chi connectivity index (χ2v) is 3.48. The first-order chi connectivity index (χ1) is 8.24. The summed E-state index contributed by atoms with van der Waals surface area (Å²) in [4.78, 5) is 10.4. The van der Waals surface area contributed by atoms with E-state index in [4.69, 9.17) is 4.11 Å². The van der Waals surface area contributed by atoms with Gasteiger partial charge in [0.15, 0.2) is 6.29 Å². The van der Waals surface area contributed by atoms with E-state index in [-0.39, 0.29) is 6.29 Å². The average molecular weight is 225 g/mol. The standard InChI is InChI=1S/C9H18O6/c1-5(11)8(2,14)7(13)9(3,15)6(12)4-10/h4-7,11-15H,1-3H3/t5?,6-,7+,8+,9+/m0/s1/i1D,2D,3D. The molecule has 6 nitrogen and oxygen atoms in total. The number of aliphatic hydroxyl groups excluding tert-OH is 3. The Morgan fingerprint density at radius 2 is 1.73 bits per heavy atom. The van der Waals surface area contributed by atoms with Gasteiger partial charge < -0.3 is 30.3 Å². The predicted octanol–water partition coefficient (Wildman–Crippen LogP) is -2.21. The molecular weight excluding hydrogens is 204 g/mol. The number of aliphatic hydroxyl groups is 5. The van der Waals surface area contributed by atoms with Gasteiger partial charge in [0.1, 0.15) is 23.4 Å². The molecule has 0 rings (SSSR count).